The number of benzene rings is 2. The van der Waals surface area contributed by atoms with Crippen molar-refractivity contribution in [3.05, 3.63) is 53.7 Å². The number of fused-ring (bicyclic) bond motifs is 1. The molecule has 0 radical (unpaired) electrons. The standard InChI is InChI=1S/C19H16ClN5O4S/c1-28-13-7-8-15(20)16(9-13)30(26,27)25-12-5-3-11(4-6-12)17-22-18-14(10-21-24-18)19(23-17)29-2/h3-10,25H,1-2H3,(H,21,22,23,24). The van der Waals surface area contributed by atoms with Gasteiger partial charge in [0.2, 0.25) is 5.88 Å². The second kappa shape index (κ2) is 7.81. The molecule has 2 aromatic carbocycles. The molecule has 0 aliphatic heterocycles. The van der Waals surface area contributed by atoms with Crippen LogP contribution in [0.1, 0.15) is 0 Å². The zero-order valence-corrected chi connectivity index (χ0v) is 17.5. The molecule has 30 heavy (non-hydrogen) atoms. The zero-order chi connectivity index (χ0) is 21.3. The highest BCUT2D eigenvalue weighted by atomic mass is 35.5. The number of aromatic amines is 1. The van der Waals surface area contributed by atoms with Gasteiger partial charge in [0, 0.05) is 17.3 Å². The van der Waals surface area contributed by atoms with E-state index in [1.54, 1.807) is 36.5 Å². The van der Waals surface area contributed by atoms with E-state index in [0.29, 0.717) is 39.7 Å². The number of halogens is 1. The zero-order valence-electron chi connectivity index (χ0n) is 15.9. The minimum absolute atomic E-state index is 0.0784. The number of H-pyrrole nitrogens is 1. The lowest BCUT2D eigenvalue weighted by atomic mass is 10.2. The van der Waals surface area contributed by atoms with Gasteiger partial charge in [0.1, 0.15) is 16.0 Å². The van der Waals surface area contributed by atoms with Gasteiger partial charge in [-0.1, -0.05) is 11.6 Å². The first-order valence-electron chi connectivity index (χ1n) is 8.63. The van der Waals surface area contributed by atoms with Gasteiger partial charge in [-0.15, -0.1) is 0 Å². The average molecular weight is 446 g/mol. The Bertz CT molecular complexity index is 1320. The maximum atomic E-state index is 12.7. The van der Waals surface area contributed by atoms with Crippen LogP contribution in [-0.2, 0) is 10.0 Å². The molecule has 4 aromatic rings. The van der Waals surface area contributed by atoms with Crippen LogP contribution in [0.25, 0.3) is 22.4 Å². The van der Waals surface area contributed by atoms with Crippen molar-refractivity contribution < 1.29 is 17.9 Å². The van der Waals surface area contributed by atoms with E-state index >= 15 is 0 Å². The summed E-state index contributed by atoms with van der Waals surface area (Å²) in [5, 5.41) is 7.49. The Kier molecular flexibility index (Phi) is 5.18. The monoisotopic (exact) mass is 445 g/mol. The molecule has 154 valence electrons. The molecule has 9 nitrogen and oxygen atoms in total. The van der Waals surface area contributed by atoms with Crippen LogP contribution < -0.4 is 14.2 Å². The highest BCUT2D eigenvalue weighted by Crippen LogP contribution is 2.29. The van der Waals surface area contributed by atoms with E-state index in [0.717, 1.165) is 0 Å². The number of sulfonamides is 1. The molecule has 11 heteroatoms. The molecule has 2 heterocycles. The van der Waals surface area contributed by atoms with E-state index in [9.17, 15) is 8.42 Å². The van der Waals surface area contributed by atoms with Crippen molar-refractivity contribution in [2.24, 2.45) is 0 Å². The van der Waals surface area contributed by atoms with Gasteiger partial charge in [-0.05, 0) is 36.4 Å². The van der Waals surface area contributed by atoms with Crippen LogP contribution in [-0.4, -0.2) is 42.8 Å². The third kappa shape index (κ3) is 3.74. The topological polar surface area (TPSA) is 119 Å². The summed E-state index contributed by atoms with van der Waals surface area (Å²) in [4.78, 5) is 8.72. The lowest BCUT2D eigenvalue weighted by Gasteiger charge is -2.11. The Hall–Kier alpha value is -3.37. The van der Waals surface area contributed by atoms with Gasteiger partial charge in [0.05, 0.1) is 25.4 Å². The predicted molar refractivity (Wildman–Crippen MR) is 112 cm³/mol. The molecule has 0 aliphatic rings. The summed E-state index contributed by atoms with van der Waals surface area (Å²) in [6, 6.07) is 11.0. The number of methoxy groups -OCH3 is 2. The number of nitrogens with one attached hydrogen (secondary N) is 2. The third-order valence-electron chi connectivity index (χ3n) is 4.29. The maximum absolute atomic E-state index is 12.7. The van der Waals surface area contributed by atoms with Crippen molar-refractivity contribution in [1.29, 1.82) is 0 Å². The summed E-state index contributed by atoms with van der Waals surface area (Å²) in [6.07, 6.45) is 1.58. The van der Waals surface area contributed by atoms with E-state index in [-0.39, 0.29) is 9.92 Å². The van der Waals surface area contributed by atoms with Gasteiger partial charge in [0.15, 0.2) is 11.5 Å². The van der Waals surface area contributed by atoms with Crippen LogP contribution >= 0.6 is 11.6 Å². The molecular formula is C19H16ClN5O4S. The van der Waals surface area contributed by atoms with Gasteiger partial charge in [-0.25, -0.2) is 13.4 Å². The lowest BCUT2D eigenvalue weighted by molar-refractivity contribution is 0.403. The van der Waals surface area contributed by atoms with Crippen LogP contribution in [0.4, 0.5) is 5.69 Å². The first-order valence-corrected chi connectivity index (χ1v) is 10.5. The van der Waals surface area contributed by atoms with Gasteiger partial charge in [-0.2, -0.15) is 10.1 Å². The summed E-state index contributed by atoms with van der Waals surface area (Å²) >= 11 is 6.06. The van der Waals surface area contributed by atoms with Gasteiger partial charge in [-0.3, -0.25) is 9.82 Å². The number of hydrogen-bond acceptors (Lipinski definition) is 7. The molecule has 0 bridgehead atoms. The third-order valence-corrected chi connectivity index (χ3v) is 6.15. The highest BCUT2D eigenvalue weighted by molar-refractivity contribution is 7.92. The molecule has 2 N–H and O–H groups in total. The largest absolute Gasteiger partial charge is 0.497 e. The quantitative estimate of drug-likeness (QED) is 0.466. The first kappa shape index (κ1) is 19.9. The van der Waals surface area contributed by atoms with Gasteiger partial charge < -0.3 is 9.47 Å². The summed E-state index contributed by atoms with van der Waals surface area (Å²) in [5.41, 5.74) is 1.56. The van der Waals surface area contributed by atoms with Crippen molar-refractivity contribution in [2.75, 3.05) is 18.9 Å². The predicted octanol–water partition coefficient (Wildman–Crippen LogP) is 3.49. The molecule has 0 amide bonds. The van der Waals surface area contributed by atoms with E-state index < -0.39 is 10.0 Å². The number of anilines is 1. The molecule has 0 saturated heterocycles. The fourth-order valence-electron chi connectivity index (χ4n) is 2.81. The maximum Gasteiger partial charge on any atom is 0.263 e. The van der Waals surface area contributed by atoms with Crippen molar-refractivity contribution in [2.45, 2.75) is 4.90 Å². The van der Waals surface area contributed by atoms with Gasteiger partial charge in [0.25, 0.3) is 10.0 Å². The second-order valence-corrected chi connectivity index (χ2v) is 8.23. The molecule has 0 atom stereocenters. The van der Waals surface area contributed by atoms with Crippen molar-refractivity contribution in [3.63, 3.8) is 0 Å². The van der Waals surface area contributed by atoms with Crippen molar-refractivity contribution in [3.8, 4) is 23.0 Å². The van der Waals surface area contributed by atoms with E-state index in [1.807, 2.05) is 0 Å². The molecule has 0 spiro atoms. The van der Waals surface area contributed by atoms with Gasteiger partial charge >= 0.3 is 0 Å². The van der Waals surface area contributed by atoms with Crippen molar-refractivity contribution in [1.82, 2.24) is 20.2 Å². The normalized spacial score (nSPS) is 11.4. The number of hydrogen-bond donors (Lipinski definition) is 2. The molecule has 2 aromatic heterocycles. The Morgan fingerprint density at radius 1 is 1.03 bits per heavy atom. The lowest BCUT2D eigenvalue weighted by Crippen LogP contribution is -2.13. The van der Waals surface area contributed by atoms with Crippen LogP contribution in [0.2, 0.25) is 5.02 Å². The van der Waals surface area contributed by atoms with Crippen LogP contribution in [0.5, 0.6) is 11.6 Å². The number of aromatic nitrogens is 4. The summed E-state index contributed by atoms with van der Waals surface area (Å²) in [6.45, 7) is 0. The molecular weight excluding hydrogens is 430 g/mol. The van der Waals surface area contributed by atoms with Crippen LogP contribution in [0, 0.1) is 0 Å². The van der Waals surface area contributed by atoms with Crippen LogP contribution in [0.3, 0.4) is 0 Å². The molecule has 0 fully saturated rings. The average Bonchev–Trinajstić information content (AvgIpc) is 3.22. The van der Waals surface area contributed by atoms with Crippen LogP contribution in [0.15, 0.2) is 53.6 Å². The number of nitrogens with zero attached hydrogens (tertiary/aromatic N) is 3. The van der Waals surface area contributed by atoms with E-state index in [4.69, 9.17) is 21.1 Å². The Morgan fingerprint density at radius 3 is 2.50 bits per heavy atom. The number of ether oxygens (including phenoxy) is 2. The SMILES string of the molecule is COc1ccc(Cl)c(S(=O)(=O)Nc2ccc(-c3nc(OC)c4cn[nH]c4n3)cc2)c1. The Balaban J connectivity index is 1.63. The van der Waals surface area contributed by atoms with Crippen molar-refractivity contribution >= 4 is 38.3 Å². The Morgan fingerprint density at radius 2 is 1.80 bits per heavy atom. The molecule has 4 rings (SSSR count). The smallest absolute Gasteiger partial charge is 0.263 e. The molecule has 0 unspecified atom stereocenters. The Labute approximate surface area is 177 Å². The second-order valence-electron chi connectivity index (χ2n) is 6.17. The molecule has 0 aliphatic carbocycles. The van der Waals surface area contributed by atoms with E-state index in [2.05, 4.69) is 24.9 Å². The fourth-order valence-corrected chi connectivity index (χ4v) is 4.38. The summed E-state index contributed by atoms with van der Waals surface area (Å²) in [7, 11) is -0.951. The summed E-state index contributed by atoms with van der Waals surface area (Å²) < 4.78 is 38.4. The first-order chi connectivity index (χ1) is 14.4. The minimum atomic E-state index is -3.91. The summed E-state index contributed by atoms with van der Waals surface area (Å²) in [5.74, 6) is 1.19. The highest BCUT2D eigenvalue weighted by Gasteiger charge is 2.19. The minimum Gasteiger partial charge on any atom is -0.497 e. The van der Waals surface area contributed by atoms with E-state index in [1.165, 1.54) is 26.4 Å². The number of rotatable bonds is 6. The fraction of sp³-hybridized carbons (Fsp3) is 0.105. The molecule has 0 saturated carbocycles.